The molecule has 0 aromatic carbocycles. The fourth-order valence-corrected chi connectivity index (χ4v) is 3.66. The lowest BCUT2D eigenvalue weighted by Crippen LogP contribution is -2.53. The molecule has 1 aliphatic carbocycles. The standard InChI is InChI=1S/C22H30FN7O4/c1-22(2,3)17(31)18(32)27-13-8-14(9-13)34-19-15(23)16(12-10-25-20(24)26-11-12)28-21(29-19)30-4-6-33-7-5-30/h10-11,13-14,17,31H,4-9H2,1-3H3,(H,27,32)(H2,24,25,26)/t13?,14?,17-/m1/s1. The minimum absolute atomic E-state index is 0.0176. The van der Waals surface area contributed by atoms with Crippen molar-refractivity contribution in [3.05, 3.63) is 18.2 Å². The zero-order valence-electron chi connectivity index (χ0n) is 19.5. The van der Waals surface area contributed by atoms with Crippen LogP contribution in [-0.4, -0.2) is 75.5 Å². The highest BCUT2D eigenvalue weighted by atomic mass is 19.1. The van der Waals surface area contributed by atoms with Gasteiger partial charge in [0.25, 0.3) is 5.88 Å². The van der Waals surface area contributed by atoms with Crippen molar-refractivity contribution < 1.29 is 23.8 Å². The van der Waals surface area contributed by atoms with E-state index in [0.717, 1.165) is 0 Å². The van der Waals surface area contributed by atoms with E-state index in [0.29, 0.717) is 50.7 Å². The number of nitrogens with zero attached hydrogens (tertiary/aromatic N) is 5. The number of carbonyl (C=O) groups is 1. The number of anilines is 2. The van der Waals surface area contributed by atoms with Crippen molar-refractivity contribution in [1.82, 2.24) is 25.3 Å². The van der Waals surface area contributed by atoms with Gasteiger partial charge < -0.3 is 30.5 Å². The Bertz CT molecular complexity index is 1020. The van der Waals surface area contributed by atoms with Crippen LogP contribution in [-0.2, 0) is 9.53 Å². The predicted molar refractivity (Wildman–Crippen MR) is 122 cm³/mol. The highest BCUT2D eigenvalue weighted by molar-refractivity contribution is 5.81. The first kappa shape index (κ1) is 24.0. The van der Waals surface area contributed by atoms with E-state index in [9.17, 15) is 9.90 Å². The van der Waals surface area contributed by atoms with Crippen LogP contribution < -0.4 is 20.7 Å². The van der Waals surface area contributed by atoms with Crippen molar-refractivity contribution in [3.8, 4) is 17.1 Å². The Labute approximate surface area is 196 Å². The summed E-state index contributed by atoms with van der Waals surface area (Å²) in [5.41, 5.74) is 5.36. The van der Waals surface area contributed by atoms with Crippen LogP contribution in [0.25, 0.3) is 11.3 Å². The van der Waals surface area contributed by atoms with E-state index in [1.54, 1.807) is 20.8 Å². The number of hydrogen-bond acceptors (Lipinski definition) is 10. The molecule has 0 radical (unpaired) electrons. The van der Waals surface area contributed by atoms with Gasteiger partial charge in [-0.2, -0.15) is 9.37 Å². The zero-order valence-corrected chi connectivity index (χ0v) is 19.5. The summed E-state index contributed by atoms with van der Waals surface area (Å²) in [4.78, 5) is 30.7. The highest BCUT2D eigenvalue weighted by Gasteiger charge is 2.37. The molecule has 3 heterocycles. The minimum Gasteiger partial charge on any atom is -0.472 e. The Hall–Kier alpha value is -3.12. The summed E-state index contributed by atoms with van der Waals surface area (Å²) in [5.74, 6) is -0.926. The highest BCUT2D eigenvalue weighted by Crippen LogP contribution is 2.32. The quantitative estimate of drug-likeness (QED) is 0.551. The molecule has 2 aromatic rings. The summed E-state index contributed by atoms with van der Waals surface area (Å²) >= 11 is 0. The van der Waals surface area contributed by atoms with Gasteiger partial charge >= 0.3 is 0 Å². The lowest BCUT2D eigenvalue weighted by Gasteiger charge is -2.37. The Kier molecular flexibility index (Phi) is 6.80. The first-order valence-electron chi connectivity index (χ1n) is 11.2. The molecule has 1 amide bonds. The molecule has 1 aliphatic heterocycles. The number of amides is 1. The molecular weight excluding hydrogens is 445 g/mol. The van der Waals surface area contributed by atoms with E-state index in [1.807, 2.05) is 4.90 Å². The molecule has 1 atom stereocenters. The summed E-state index contributed by atoms with van der Waals surface area (Å²) < 4.78 is 26.6. The van der Waals surface area contributed by atoms with Gasteiger partial charge in [0.15, 0.2) is 0 Å². The van der Waals surface area contributed by atoms with Crippen molar-refractivity contribution in [2.24, 2.45) is 5.41 Å². The maximum absolute atomic E-state index is 15.4. The van der Waals surface area contributed by atoms with Gasteiger partial charge in [-0.05, 0) is 5.41 Å². The molecule has 1 saturated carbocycles. The predicted octanol–water partition coefficient (Wildman–Crippen LogP) is 0.925. The van der Waals surface area contributed by atoms with Crippen molar-refractivity contribution >= 4 is 17.8 Å². The smallest absolute Gasteiger partial charge is 0.256 e. The molecule has 0 bridgehead atoms. The van der Waals surface area contributed by atoms with Gasteiger partial charge in [-0.25, -0.2) is 15.0 Å². The van der Waals surface area contributed by atoms with E-state index in [-0.39, 0.29) is 29.7 Å². The van der Waals surface area contributed by atoms with Gasteiger partial charge in [-0.1, -0.05) is 20.8 Å². The van der Waals surface area contributed by atoms with Crippen molar-refractivity contribution in [2.75, 3.05) is 36.9 Å². The third kappa shape index (κ3) is 5.33. The molecule has 184 valence electrons. The van der Waals surface area contributed by atoms with Crippen LogP contribution in [0.15, 0.2) is 12.4 Å². The van der Waals surface area contributed by atoms with Crippen molar-refractivity contribution in [3.63, 3.8) is 0 Å². The lowest BCUT2D eigenvalue weighted by atomic mass is 9.86. The second-order valence-electron chi connectivity index (χ2n) is 9.61. The summed E-state index contributed by atoms with van der Waals surface area (Å²) in [5, 5.41) is 12.9. The van der Waals surface area contributed by atoms with Gasteiger partial charge in [0.2, 0.25) is 23.6 Å². The van der Waals surface area contributed by atoms with Crippen LogP contribution in [0.5, 0.6) is 5.88 Å². The Morgan fingerprint density at radius 3 is 2.53 bits per heavy atom. The molecule has 34 heavy (non-hydrogen) atoms. The number of nitrogens with two attached hydrogens (primary N) is 1. The van der Waals surface area contributed by atoms with Crippen molar-refractivity contribution in [1.29, 1.82) is 0 Å². The van der Waals surface area contributed by atoms with Gasteiger partial charge in [-0.3, -0.25) is 4.79 Å². The number of aliphatic hydroxyl groups is 1. The van der Waals surface area contributed by atoms with Gasteiger partial charge in [-0.15, -0.1) is 0 Å². The number of morpholine rings is 1. The number of ether oxygens (including phenoxy) is 2. The third-order valence-electron chi connectivity index (χ3n) is 5.84. The molecular formula is C22H30FN7O4. The van der Waals surface area contributed by atoms with Crippen LogP contribution in [0.2, 0.25) is 0 Å². The van der Waals surface area contributed by atoms with Gasteiger partial charge in [0, 0.05) is 49.9 Å². The van der Waals surface area contributed by atoms with E-state index in [4.69, 9.17) is 15.2 Å². The van der Waals surface area contributed by atoms with Crippen LogP contribution in [0.4, 0.5) is 16.3 Å². The number of nitrogen functional groups attached to an aromatic ring is 1. The number of aliphatic hydroxyl groups excluding tert-OH is 1. The van der Waals surface area contributed by atoms with Crippen LogP contribution in [0.3, 0.4) is 0 Å². The van der Waals surface area contributed by atoms with Gasteiger partial charge in [0.05, 0.1) is 13.2 Å². The summed E-state index contributed by atoms with van der Waals surface area (Å²) in [6.45, 7) is 7.53. The molecule has 2 aromatic heterocycles. The Morgan fingerprint density at radius 2 is 1.91 bits per heavy atom. The van der Waals surface area contributed by atoms with Crippen LogP contribution >= 0.6 is 0 Å². The number of aromatic nitrogens is 4. The second kappa shape index (κ2) is 9.63. The SMILES string of the molecule is CC(C)(C)[C@H](O)C(=O)NC1CC(Oc2nc(N3CCOCC3)nc(-c3cnc(N)nc3)c2F)C1. The fraction of sp³-hybridized carbons (Fsp3) is 0.591. The molecule has 2 aliphatic rings. The van der Waals surface area contributed by atoms with Crippen molar-refractivity contribution in [2.45, 2.75) is 51.9 Å². The fourth-order valence-electron chi connectivity index (χ4n) is 3.66. The molecule has 4 N–H and O–H groups in total. The zero-order chi connectivity index (χ0) is 24.5. The van der Waals surface area contributed by atoms with E-state index < -0.39 is 23.2 Å². The number of rotatable bonds is 6. The average molecular weight is 476 g/mol. The van der Waals surface area contributed by atoms with E-state index >= 15 is 4.39 Å². The average Bonchev–Trinajstić information content (AvgIpc) is 2.78. The lowest BCUT2D eigenvalue weighted by molar-refractivity contribution is -0.136. The number of hydrogen-bond donors (Lipinski definition) is 3. The van der Waals surface area contributed by atoms with Crippen LogP contribution in [0, 0.1) is 11.2 Å². The van der Waals surface area contributed by atoms with E-state index in [1.165, 1.54) is 12.4 Å². The summed E-state index contributed by atoms with van der Waals surface area (Å²) in [6.07, 6.45) is 2.28. The maximum Gasteiger partial charge on any atom is 0.256 e. The largest absolute Gasteiger partial charge is 0.472 e. The van der Waals surface area contributed by atoms with Gasteiger partial charge in [0.1, 0.15) is 17.9 Å². The Morgan fingerprint density at radius 1 is 1.26 bits per heavy atom. The molecule has 1 saturated heterocycles. The van der Waals surface area contributed by atoms with E-state index in [2.05, 4.69) is 25.3 Å². The number of nitrogens with one attached hydrogen (secondary N) is 1. The number of halogens is 1. The maximum atomic E-state index is 15.4. The number of carbonyl (C=O) groups excluding carboxylic acids is 1. The first-order valence-corrected chi connectivity index (χ1v) is 11.2. The molecule has 2 fully saturated rings. The summed E-state index contributed by atoms with van der Waals surface area (Å²) in [6, 6.07) is -0.164. The topological polar surface area (TPSA) is 149 Å². The second-order valence-corrected chi connectivity index (χ2v) is 9.61. The van der Waals surface area contributed by atoms with Crippen LogP contribution in [0.1, 0.15) is 33.6 Å². The molecule has 11 nitrogen and oxygen atoms in total. The normalized spacial score (nSPS) is 21.5. The monoisotopic (exact) mass is 475 g/mol. The summed E-state index contributed by atoms with van der Waals surface area (Å²) in [7, 11) is 0. The minimum atomic E-state index is -1.12. The third-order valence-corrected chi connectivity index (χ3v) is 5.84. The molecule has 4 rings (SSSR count). The molecule has 0 unspecified atom stereocenters. The Balaban J connectivity index is 1.49. The molecule has 0 spiro atoms. The molecule has 12 heteroatoms. The first-order chi connectivity index (χ1) is 16.1.